The third-order valence-corrected chi connectivity index (χ3v) is 6.82. The van der Waals surface area contributed by atoms with Crippen LogP contribution in [0.1, 0.15) is 44.3 Å². The Bertz CT molecular complexity index is 1090. The zero-order valence-electron chi connectivity index (χ0n) is 18.1. The molecule has 3 atom stereocenters. The van der Waals surface area contributed by atoms with Gasteiger partial charge in [-0.15, -0.1) is 13.2 Å². The maximum absolute atomic E-state index is 12.8. The van der Waals surface area contributed by atoms with Crippen LogP contribution >= 0.6 is 11.6 Å². The lowest BCUT2D eigenvalue weighted by molar-refractivity contribution is -0.329. The molecule has 3 saturated carbocycles. The molecule has 12 heteroatoms. The summed E-state index contributed by atoms with van der Waals surface area (Å²) in [6.45, 7) is 0.857. The van der Waals surface area contributed by atoms with Crippen LogP contribution in [0, 0.1) is 0 Å². The number of nitrogens with one attached hydrogen (secondary N) is 1. The van der Waals surface area contributed by atoms with Gasteiger partial charge in [0.25, 0.3) is 5.91 Å². The predicted octanol–water partition coefficient (Wildman–Crippen LogP) is 3.47. The summed E-state index contributed by atoms with van der Waals surface area (Å²) in [4.78, 5) is 12.8. The Morgan fingerprint density at radius 2 is 2.15 bits per heavy atom. The number of ether oxygens (including phenoxy) is 3. The molecule has 2 heterocycles. The van der Waals surface area contributed by atoms with E-state index in [1.54, 1.807) is 29.1 Å². The molecular formula is C22H23ClF3N3O5. The number of carbonyl (C=O) groups is 1. The van der Waals surface area contributed by atoms with Crippen LogP contribution in [0.2, 0.25) is 5.02 Å². The summed E-state index contributed by atoms with van der Waals surface area (Å²) in [6, 6.07) is 4.92. The second-order valence-electron chi connectivity index (χ2n) is 9.37. The van der Waals surface area contributed by atoms with Crippen LogP contribution in [0.5, 0.6) is 11.5 Å². The van der Waals surface area contributed by atoms with Crippen molar-refractivity contribution in [2.75, 3.05) is 6.61 Å². The predicted molar refractivity (Wildman–Crippen MR) is 112 cm³/mol. The van der Waals surface area contributed by atoms with Gasteiger partial charge in [0.05, 0.1) is 30.6 Å². The first kappa shape index (κ1) is 23.3. The van der Waals surface area contributed by atoms with Gasteiger partial charge in [-0.3, -0.25) is 14.2 Å². The Morgan fingerprint density at radius 1 is 1.41 bits per heavy atom. The fourth-order valence-corrected chi connectivity index (χ4v) is 5.32. The van der Waals surface area contributed by atoms with Gasteiger partial charge < -0.3 is 19.9 Å². The fourth-order valence-electron chi connectivity index (χ4n) is 5.14. The van der Waals surface area contributed by atoms with E-state index in [1.165, 1.54) is 13.1 Å². The summed E-state index contributed by atoms with van der Waals surface area (Å²) < 4.78 is 53.3. The van der Waals surface area contributed by atoms with Crippen LogP contribution in [-0.2, 0) is 15.1 Å². The molecule has 34 heavy (non-hydrogen) atoms. The third-order valence-electron chi connectivity index (χ3n) is 6.58. The van der Waals surface area contributed by atoms with Crippen LogP contribution in [-0.4, -0.2) is 51.5 Å². The number of hydrogen-bond donors (Lipinski definition) is 2. The molecule has 2 bridgehead atoms. The first-order valence-corrected chi connectivity index (χ1v) is 11.2. The van der Waals surface area contributed by atoms with E-state index in [0.29, 0.717) is 41.3 Å². The Labute approximate surface area is 197 Å². The second kappa shape index (κ2) is 8.03. The number of hydrogen-bond acceptors (Lipinski definition) is 6. The molecule has 4 aliphatic rings. The van der Waals surface area contributed by atoms with E-state index in [4.69, 9.17) is 21.1 Å². The van der Waals surface area contributed by atoms with Gasteiger partial charge in [-0.2, -0.15) is 5.10 Å². The highest BCUT2D eigenvalue weighted by atomic mass is 35.5. The van der Waals surface area contributed by atoms with E-state index in [2.05, 4.69) is 15.2 Å². The van der Waals surface area contributed by atoms with Crippen molar-refractivity contribution in [2.45, 2.75) is 68.4 Å². The number of carbonyl (C=O) groups excluding carboxylic acids is 1. The normalized spacial score (nSPS) is 30.3. The number of benzene rings is 1. The summed E-state index contributed by atoms with van der Waals surface area (Å²) in [7, 11) is 0. The Morgan fingerprint density at radius 3 is 2.85 bits per heavy atom. The number of aliphatic hydroxyl groups is 1. The minimum atomic E-state index is -4.70. The number of halogens is 4. The van der Waals surface area contributed by atoms with Gasteiger partial charge in [0.2, 0.25) is 0 Å². The van der Waals surface area contributed by atoms with Crippen molar-refractivity contribution >= 4 is 17.5 Å². The standard InChI is InChI=1S/C22H23ClF3N3O5/c1-12(8-32-22(24,25)26)33-14-6-27-29(7-14)21-9-20(10-21,11-21)28-19(31)18-5-16(30)15-4-13(23)2-3-17(15)34-18/h2-4,6-7,12,16,18,30H,5,8-11H2,1H3,(H,28,31)/t12-,16-,18-,20?,21?/m1/s1. The van der Waals surface area contributed by atoms with Crippen molar-refractivity contribution in [3.8, 4) is 11.5 Å². The zero-order valence-corrected chi connectivity index (χ0v) is 18.9. The first-order valence-electron chi connectivity index (χ1n) is 10.8. The minimum Gasteiger partial charge on any atom is -0.485 e. The Kier molecular flexibility index (Phi) is 5.49. The van der Waals surface area contributed by atoms with Crippen molar-refractivity contribution in [3.05, 3.63) is 41.2 Å². The maximum atomic E-state index is 12.8. The van der Waals surface area contributed by atoms with E-state index in [0.717, 1.165) is 0 Å². The zero-order chi connectivity index (χ0) is 24.3. The molecule has 8 nitrogen and oxygen atoms in total. The van der Waals surface area contributed by atoms with Crippen LogP contribution in [0.25, 0.3) is 0 Å². The highest BCUT2D eigenvalue weighted by molar-refractivity contribution is 6.30. The van der Waals surface area contributed by atoms with Gasteiger partial charge in [-0.05, 0) is 44.4 Å². The smallest absolute Gasteiger partial charge is 0.485 e. The summed E-state index contributed by atoms with van der Waals surface area (Å²) >= 11 is 5.97. The number of fused-ring (bicyclic) bond motifs is 1. The Hall–Kier alpha value is -2.50. The van der Waals surface area contributed by atoms with Crippen molar-refractivity contribution in [2.24, 2.45) is 0 Å². The SMILES string of the molecule is C[C@H](COC(F)(F)F)Oc1cnn(C23CC(NC(=O)[C@H]4C[C@@H](O)c5cc(Cl)ccc5O4)(C2)C3)c1. The maximum Gasteiger partial charge on any atom is 0.522 e. The first-order chi connectivity index (χ1) is 16.0. The molecule has 6 rings (SSSR count). The van der Waals surface area contributed by atoms with Gasteiger partial charge in [-0.1, -0.05) is 11.6 Å². The number of amides is 1. The van der Waals surface area contributed by atoms with Crippen molar-refractivity contribution in [1.29, 1.82) is 0 Å². The van der Waals surface area contributed by atoms with Gasteiger partial charge >= 0.3 is 6.36 Å². The number of rotatable bonds is 7. The van der Waals surface area contributed by atoms with Crippen molar-refractivity contribution < 1.29 is 37.3 Å². The molecule has 2 N–H and O–H groups in total. The minimum absolute atomic E-state index is 0.135. The van der Waals surface area contributed by atoms with Gasteiger partial charge in [0.15, 0.2) is 11.9 Å². The molecule has 0 saturated heterocycles. The van der Waals surface area contributed by atoms with Crippen LogP contribution < -0.4 is 14.8 Å². The third kappa shape index (κ3) is 4.32. The Balaban J connectivity index is 1.14. The molecule has 0 spiro atoms. The van der Waals surface area contributed by atoms with Crippen LogP contribution in [0.4, 0.5) is 13.2 Å². The topological polar surface area (TPSA) is 94.8 Å². The quantitative estimate of drug-likeness (QED) is 0.603. The van der Waals surface area contributed by atoms with Crippen LogP contribution in [0.3, 0.4) is 0 Å². The molecule has 0 radical (unpaired) electrons. The van der Waals surface area contributed by atoms with Gasteiger partial charge in [0, 0.05) is 22.5 Å². The monoisotopic (exact) mass is 501 g/mol. The highest BCUT2D eigenvalue weighted by Crippen LogP contribution is 2.65. The second-order valence-corrected chi connectivity index (χ2v) is 9.81. The van der Waals surface area contributed by atoms with Gasteiger partial charge in [-0.25, -0.2) is 0 Å². The summed E-state index contributed by atoms with van der Waals surface area (Å²) in [5, 5.41) is 18.3. The number of aliphatic hydroxyl groups excluding tert-OH is 1. The lowest BCUT2D eigenvalue weighted by Crippen LogP contribution is -2.79. The number of aromatic nitrogens is 2. The molecule has 3 fully saturated rings. The molecule has 1 aromatic carbocycles. The highest BCUT2D eigenvalue weighted by Gasteiger charge is 2.70. The van der Waals surface area contributed by atoms with Crippen LogP contribution in [0.15, 0.2) is 30.6 Å². The number of alkyl halides is 3. The van der Waals surface area contributed by atoms with E-state index >= 15 is 0 Å². The molecular weight excluding hydrogens is 479 g/mol. The molecule has 1 aromatic heterocycles. The molecule has 184 valence electrons. The lowest BCUT2D eigenvalue weighted by Gasteiger charge is -2.70. The van der Waals surface area contributed by atoms with E-state index < -0.39 is 31.3 Å². The molecule has 1 amide bonds. The summed E-state index contributed by atoms with van der Waals surface area (Å²) in [5.74, 6) is 0.511. The molecule has 3 aliphatic carbocycles. The van der Waals surface area contributed by atoms with Crippen molar-refractivity contribution in [1.82, 2.24) is 15.1 Å². The van der Waals surface area contributed by atoms with Crippen molar-refractivity contribution in [3.63, 3.8) is 0 Å². The fraction of sp³-hybridized carbons (Fsp3) is 0.545. The molecule has 0 unspecified atom stereocenters. The summed E-state index contributed by atoms with van der Waals surface area (Å²) in [6.07, 6.45) is -1.91. The lowest BCUT2D eigenvalue weighted by atomic mass is 9.44. The largest absolute Gasteiger partial charge is 0.522 e. The average molecular weight is 502 g/mol. The average Bonchev–Trinajstić information content (AvgIpc) is 3.15. The van der Waals surface area contributed by atoms with Gasteiger partial charge in [0.1, 0.15) is 11.9 Å². The molecule has 2 aromatic rings. The summed E-state index contributed by atoms with van der Waals surface area (Å²) in [5.41, 5.74) is -0.0411. The van der Waals surface area contributed by atoms with E-state index in [-0.39, 0.29) is 23.4 Å². The number of nitrogens with zero attached hydrogens (tertiary/aromatic N) is 2. The molecule has 1 aliphatic heterocycles. The van der Waals surface area contributed by atoms with E-state index in [9.17, 15) is 23.1 Å². The van der Waals surface area contributed by atoms with E-state index in [1.807, 2.05) is 0 Å².